The van der Waals surface area contributed by atoms with Gasteiger partial charge in [-0.2, -0.15) is 0 Å². The number of epoxide rings is 1. The molecule has 0 radical (unpaired) electrons. The lowest BCUT2D eigenvalue weighted by atomic mass is 10.1. The molecule has 2 fully saturated rings. The van der Waals surface area contributed by atoms with E-state index >= 15 is 0 Å². The fourth-order valence-electron chi connectivity index (χ4n) is 1.96. The van der Waals surface area contributed by atoms with Crippen molar-refractivity contribution < 1.29 is 4.74 Å². The summed E-state index contributed by atoms with van der Waals surface area (Å²) >= 11 is 0. The van der Waals surface area contributed by atoms with Crippen LogP contribution in [0.1, 0.15) is 32.1 Å². The third-order valence-corrected chi connectivity index (χ3v) is 2.81. The molecule has 2 nitrogen and oxygen atoms in total. The monoisotopic (exact) mass is 169 g/mol. The summed E-state index contributed by atoms with van der Waals surface area (Å²) in [5.74, 6) is 0. The zero-order chi connectivity index (χ0) is 8.23. The third kappa shape index (κ3) is 2.76. The molecule has 0 spiro atoms. The summed E-state index contributed by atoms with van der Waals surface area (Å²) < 4.78 is 5.24. The predicted molar refractivity (Wildman–Crippen MR) is 49.3 cm³/mol. The molecule has 0 aromatic rings. The average molecular weight is 169 g/mol. The van der Waals surface area contributed by atoms with Crippen molar-refractivity contribution in [2.24, 2.45) is 0 Å². The van der Waals surface area contributed by atoms with Gasteiger partial charge in [-0.3, -0.25) is 0 Å². The van der Waals surface area contributed by atoms with Gasteiger partial charge in [-0.15, -0.1) is 0 Å². The van der Waals surface area contributed by atoms with Crippen LogP contribution in [-0.2, 0) is 4.74 Å². The molecular formula is C10H19NO. The van der Waals surface area contributed by atoms with Crippen LogP contribution in [0.15, 0.2) is 0 Å². The lowest BCUT2D eigenvalue weighted by Crippen LogP contribution is -2.30. The Balaban J connectivity index is 1.69. The molecule has 0 bridgehead atoms. The van der Waals surface area contributed by atoms with Gasteiger partial charge in [-0.1, -0.05) is 19.3 Å². The zero-order valence-electron chi connectivity index (χ0n) is 7.80. The van der Waals surface area contributed by atoms with E-state index in [0.29, 0.717) is 6.10 Å². The van der Waals surface area contributed by atoms with Crippen LogP contribution in [0.2, 0.25) is 0 Å². The number of rotatable bonds is 2. The van der Waals surface area contributed by atoms with Gasteiger partial charge in [0.25, 0.3) is 0 Å². The van der Waals surface area contributed by atoms with E-state index in [1.165, 1.54) is 51.7 Å². The second-order valence-corrected chi connectivity index (χ2v) is 4.02. The molecule has 2 heteroatoms. The van der Waals surface area contributed by atoms with Crippen LogP contribution in [0.3, 0.4) is 0 Å². The average Bonchev–Trinajstić information content (AvgIpc) is 2.78. The summed E-state index contributed by atoms with van der Waals surface area (Å²) in [6.07, 6.45) is 7.70. The van der Waals surface area contributed by atoms with Crippen molar-refractivity contribution in [3.63, 3.8) is 0 Å². The maximum Gasteiger partial charge on any atom is 0.0936 e. The van der Waals surface area contributed by atoms with Gasteiger partial charge >= 0.3 is 0 Å². The molecule has 0 saturated carbocycles. The maximum atomic E-state index is 5.24. The molecule has 2 aliphatic heterocycles. The van der Waals surface area contributed by atoms with E-state index in [-0.39, 0.29) is 0 Å². The van der Waals surface area contributed by atoms with Crippen LogP contribution in [-0.4, -0.2) is 37.2 Å². The summed E-state index contributed by atoms with van der Waals surface area (Å²) in [6.45, 7) is 4.82. The van der Waals surface area contributed by atoms with Gasteiger partial charge in [0.2, 0.25) is 0 Å². The van der Waals surface area contributed by atoms with E-state index in [1.54, 1.807) is 0 Å². The van der Waals surface area contributed by atoms with Crippen molar-refractivity contribution in [3.8, 4) is 0 Å². The Bertz CT molecular complexity index is 126. The van der Waals surface area contributed by atoms with Gasteiger partial charge in [0.15, 0.2) is 0 Å². The van der Waals surface area contributed by atoms with E-state index in [1.807, 2.05) is 0 Å². The van der Waals surface area contributed by atoms with Crippen LogP contribution in [0, 0.1) is 0 Å². The minimum absolute atomic E-state index is 0.587. The van der Waals surface area contributed by atoms with Crippen molar-refractivity contribution in [1.29, 1.82) is 0 Å². The van der Waals surface area contributed by atoms with Crippen molar-refractivity contribution in [1.82, 2.24) is 4.90 Å². The molecule has 12 heavy (non-hydrogen) atoms. The number of ether oxygens (including phenoxy) is 1. The van der Waals surface area contributed by atoms with Gasteiger partial charge in [0.1, 0.15) is 0 Å². The normalized spacial score (nSPS) is 32.5. The fraction of sp³-hybridized carbons (Fsp3) is 1.00. The van der Waals surface area contributed by atoms with E-state index in [9.17, 15) is 0 Å². The Morgan fingerprint density at radius 1 is 1.00 bits per heavy atom. The highest BCUT2D eigenvalue weighted by molar-refractivity contribution is 4.75. The summed E-state index contributed by atoms with van der Waals surface area (Å²) in [7, 11) is 0. The van der Waals surface area contributed by atoms with Gasteiger partial charge in [-0.25, -0.2) is 0 Å². The summed E-state index contributed by atoms with van der Waals surface area (Å²) in [5.41, 5.74) is 0. The van der Waals surface area contributed by atoms with Crippen LogP contribution in [0.4, 0.5) is 0 Å². The lowest BCUT2D eigenvalue weighted by molar-refractivity contribution is 0.223. The minimum Gasteiger partial charge on any atom is -0.372 e. The first-order chi connectivity index (χ1) is 5.95. The third-order valence-electron chi connectivity index (χ3n) is 2.81. The van der Waals surface area contributed by atoms with E-state index in [4.69, 9.17) is 4.74 Å². The van der Waals surface area contributed by atoms with E-state index < -0.39 is 0 Å². The number of hydrogen-bond acceptors (Lipinski definition) is 2. The quantitative estimate of drug-likeness (QED) is 0.584. The first kappa shape index (κ1) is 8.52. The molecule has 0 aromatic carbocycles. The Hall–Kier alpha value is -0.0800. The Kier molecular flexibility index (Phi) is 3.01. The molecule has 0 N–H and O–H groups in total. The predicted octanol–water partition coefficient (Wildman–Crippen LogP) is 1.65. The van der Waals surface area contributed by atoms with Crippen molar-refractivity contribution in [2.45, 2.75) is 38.2 Å². The summed E-state index contributed by atoms with van der Waals surface area (Å²) in [6, 6.07) is 0. The number of nitrogens with zero attached hydrogens (tertiary/aromatic N) is 1. The summed E-state index contributed by atoms with van der Waals surface area (Å²) in [4.78, 5) is 2.58. The van der Waals surface area contributed by atoms with Gasteiger partial charge in [-0.05, 0) is 25.9 Å². The van der Waals surface area contributed by atoms with Crippen LogP contribution < -0.4 is 0 Å². The molecule has 2 heterocycles. The topological polar surface area (TPSA) is 15.8 Å². The molecule has 0 amide bonds. The molecular weight excluding hydrogens is 150 g/mol. The molecule has 2 saturated heterocycles. The standard InChI is InChI=1S/C10H19NO/c1-2-4-6-11(7-5-3-1)8-10-9-12-10/h10H,1-9H2/t10-/m1/s1. The SMILES string of the molecule is C1CCCN(C[C@@H]2CO2)CCC1. The van der Waals surface area contributed by atoms with Crippen LogP contribution in [0.25, 0.3) is 0 Å². The first-order valence-electron chi connectivity index (χ1n) is 5.29. The van der Waals surface area contributed by atoms with Gasteiger partial charge < -0.3 is 9.64 Å². The highest BCUT2D eigenvalue weighted by atomic mass is 16.6. The lowest BCUT2D eigenvalue weighted by Gasteiger charge is -2.23. The second-order valence-electron chi connectivity index (χ2n) is 4.02. The van der Waals surface area contributed by atoms with Gasteiger partial charge in [0, 0.05) is 6.54 Å². The molecule has 2 rings (SSSR count). The molecule has 70 valence electrons. The Labute approximate surface area is 74.9 Å². The Morgan fingerprint density at radius 2 is 1.58 bits per heavy atom. The van der Waals surface area contributed by atoms with Crippen molar-refractivity contribution in [2.75, 3.05) is 26.2 Å². The van der Waals surface area contributed by atoms with Crippen molar-refractivity contribution >= 4 is 0 Å². The van der Waals surface area contributed by atoms with Crippen LogP contribution >= 0.6 is 0 Å². The van der Waals surface area contributed by atoms with Crippen molar-refractivity contribution in [3.05, 3.63) is 0 Å². The second kappa shape index (κ2) is 4.24. The summed E-state index contributed by atoms with van der Waals surface area (Å²) in [5, 5.41) is 0. The Morgan fingerprint density at radius 3 is 2.17 bits per heavy atom. The van der Waals surface area contributed by atoms with E-state index in [2.05, 4.69) is 4.90 Å². The highest BCUT2D eigenvalue weighted by Gasteiger charge is 2.25. The largest absolute Gasteiger partial charge is 0.372 e. The molecule has 0 aliphatic carbocycles. The maximum absolute atomic E-state index is 5.24. The smallest absolute Gasteiger partial charge is 0.0936 e. The molecule has 1 atom stereocenters. The number of likely N-dealkylation sites (tertiary alicyclic amines) is 1. The number of hydrogen-bond donors (Lipinski definition) is 0. The highest BCUT2D eigenvalue weighted by Crippen LogP contribution is 2.15. The first-order valence-corrected chi connectivity index (χ1v) is 5.29. The van der Waals surface area contributed by atoms with Gasteiger partial charge in [0.05, 0.1) is 12.7 Å². The minimum atomic E-state index is 0.587. The zero-order valence-corrected chi connectivity index (χ0v) is 7.80. The van der Waals surface area contributed by atoms with E-state index in [0.717, 1.165) is 6.61 Å². The molecule has 0 unspecified atom stereocenters. The molecule has 2 aliphatic rings. The van der Waals surface area contributed by atoms with Crippen LogP contribution in [0.5, 0.6) is 0 Å². The molecule has 0 aromatic heterocycles. The fourth-order valence-corrected chi connectivity index (χ4v) is 1.96.